The molecular formula is C12H25NO3. The molecule has 1 rings (SSSR count). The van der Waals surface area contributed by atoms with Gasteiger partial charge in [0.1, 0.15) is 0 Å². The quantitative estimate of drug-likeness (QED) is 0.701. The van der Waals surface area contributed by atoms with E-state index in [1.165, 1.54) is 0 Å². The van der Waals surface area contributed by atoms with E-state index in [4.69, 9.17) is 14.2 Å². The zero-order chi connectivity index (χ0) is 12.0. The molecule has 4 heteroatoms. The lowest BCUT2D eigenvalue weighted by Crippen LogP contribution is -2.44. The maximum Gasteiger partial charge on any atom is 0.169 e. The Hall–Kier alpha value is -0.160. The van der Waals surface area contributed by atoms with E-state index < -0.39 is 0 Å². The maximum absolute atomic E-state index is 5.73. The Morgan fingerprint density at radius 1 is 1.31 bits per heavy atom. The van der Waals surface area contributed by atoms with Gasteiger partial charge in [0.2, 0.25) is 0 Å². The van der Waals surface area contributed by atoms with Crippen LogP contribution in [0.1, 0.15) is 26.7 Å². The molecule has 0 saturated carbocycles. The molecule has 1 saturated heterocycles. The first-order valence-corrected chi connectivity index (χ1v) is 6.08. The van der Waals surface area contributed by atoms with E-state index in [2.05, 4.69) is 19.2 Å². The second kappa shape index (κ2) is 7.22. The summed E-state index contributed by atoms with van der Waals surface area (Å²) >= 11 is 0. The van der Waals surface area contributed by atoms with Gasteiger partial charge in [0.15, 0.2) is 6.29 Å². The number of rotatable bonds is 6. The predicted molar refractivity (Wildman–Crippen MR) is 63.4 cm³/mol. The van der Waals surface area contributed by atoms with Crippen molar-refractivity contribution in [2.75, 3.05) is 27.4 Å². The minimum Gasteiger partial charge on any atom is -0.378 e. The summed E-state index contributed by atoms with van der Waals surface area (Å²) in [5, 5.41) is 3.48. The van der Waals surface area contributed by atoms with Crippen molar-refractivity contribution >= 4 is 0 Å². The summed E-state index contributed by atoms with van der Waals surface area (Å²) in [6.45, 7) is 6.01. The van der Waals surface area contributed by atoms with E-state index >= 15 is 0 Å². The Bertz CT molecular complexity index is 183. The molecule has 0 radical (unpaired) electrons. The molecule has 1 fully saturated rings. The first-order valence-electron chi connectivity index (χ1n) is 6.08. The summed E-state index contributed by atoms with van der Waals surface area (Å²) in [5.41, 5.74) is 0. The molecule has 0 spiro atoms. The van der Waals surface area contributed by atoms with Gasteiger partial charge in [-0.05, 0) is 18.8 Å². The number of methoxy groups -OCH3 is 2. The van der Waals surface area contributed by atoms with Gasteiger partial charge in [0.25, 0.3) is 0 Å². The third kappa shape index (κ3) is 4.37. The van der Waals surface area contributed by atoms with E-state index in [-0.39, 0.29) is 6.29 Å². The Labute approximate surface area is 98.6 Å². The minimum absolute atomic E-state index is 0.152. The zero-order valence-electron chi connectivity index (χ0n) is 10.9. The average molecular weight is 231 g/mol. The van der Waals surface area contributed by atoms with Crippen molar-refractivity contribution in [1.29, 1.82) is 0 Å². The van der Waals surface area contributed by atoms with E-state index in [0.717, 1.165) is 26.0 Å². The molecule has 0 aromatic rings. The van der Waals surface area contributed by atoms with Crippen LogP contribution in [0.3, 0.4) is 0 Å². The molecule has 16 heavy (non-hydrogen) atoms. The Balaban J connectivity index is 2.26. The third-order valence-electron chi connectivity index (χ3n) is 3.16. The van der Waals surface area contributed by atoms with E-state index in [1.807, 2.05) is 0 Å². The van der Waals surface area contributed by atoms with Crippen molar-refractivity contribution in [3.8, 4) is 0 Å². The van der Waals surface area contributed by atoms with Crippen LogP contribution in [0.4, 0.5) is 0 Å². The fourth-order valence-corrected chi connectivity index (χ4v) is 2.00. The third-order valence-corrected chi connectivity index (χ3v) is 3.16. The van der Waals surface area contributed by atoms with Crippen LogP contribution in [0.15, 0.2) is 0 Å². The lowest BCUT2D eigenvalue weighted by atomic mass is 9.95. The molecule has 1 heterocycles. The fourth-order valence-electron chi connectivity index (χ4n) is 2.00. The van der Waals surface area contributed by atoms with Gasteiger partial charge >= 0.3 is 0 Å². The first kappa shape index (κ1) is 13.9. The largest absolute Gasteiger partial charge is 0.378 e. The highest BCUT2D eigenvalue weighted by Gasteiger charge is 2.24. The van der Waals surface area contributed by atoms with Crippen molar-refractivity contribution in [2.24, 2.45) is 5.92 Å². The summed E-state index contributed by atoms with van der Waals surface area (Å²) in [5.74, 6) is 0.588. The molecule has 0 amide bonds. The van der Waals surface area contributed by atoms with Crippen molar-refractivity contribution in [3.63, 3.8) is 0 Å². The molecule has 96 valence electrons. The van der Waals surface area contributed by atoms with Crippen molar-refractivity contribution < 1.29 is 14.2 Å². The van der Waals surface area contributed by atoms with Gasteiger partial charge in [-0.2, -0.15) is 0 Å². The minimum atomic E-state index is -0.152. The molecule has 0 bridgehead atoms. The van der Waals surface area contributed by atoms with Crippen LogP contribution in [0.2, 0.25) is 0 Å². The normalized spacial score (nSPS) is 26.6. The molecule has 0 aromatic carbocycles. The average Bonchev–Trinajstić information content (AvgIpc) is 2.31. The van der Waals surface area contributed by atoms with E-state index in [1.54, 1.807) is 14.2 Å². The molecule has 1 aliphatic heterocycles. The fraction of sp³-hybridized carbons (Fsp3) is 1.00. The van der Waals surface area contributed by atoms with Crippen LogP contribution in [0.5, 0.6) is 0 Å². The number of nitrogens with one attached hydrogen (secondary N) is 1. The number of hydrogen-bond donors (Lipinski definition) is 1. The van der Waals surface area contributed by atoms with Crippen LogP contribution in [0, 0.1) is 5.92 Å². The van der Waals surface area contributed by atoms with Gasteiger partial charge in [-0.3, -0.25) is 0 Å². The molecule has 2 atom stereocenters. The van der Waals surface area contributed by atoms with Crippen LogP contribution < -0.4 is 5.32 Å². The highest BCUT2D eigenvalue weighted by Crippen LogP contribution is 2.20. The highest BCUT2D eigenvalue weighted by molar-refractivity contribution is 4.78. The van der Waals surface area contributed by atoms with Gasteiger partial charge in [-0.1, -0.05) is 13.8 Å². The standard InChI is InChI=1S/C12H25NO3/c1-9(2)11-7-10(5-6-16-11)13-8-12(14-3)15-4/h9-13H,5-8H2,1-4H3. The van der Waals surface area contributed by atoms with Gasteiger partial charge in [0, 0.05) is 33.4 Å². The molecule has 0 aromatic heterocycles. The summed E-state index contributed by atoms with van der Waals surface area (Å²) in [6, 6.07) is 0.522. The number of hydrogen-bond acceptors (Lipinski definition) is 4. The molecular weight excluding hydrogens is 206 g/mol. The Kier molecular flexibility index (Phi) is 6.28. The van der Waals surface area contributed by atoms with Gasteiger partial charge in [0.05, 0.1) is 6.10 Å². The van der Waals surface area contributed by atoms with Crippen molar-refractivity contribution in [3.05, 3.63) is 0 Å². The van der Waals surface area contributed by atoms with Gasteiger partial charge < -0.3 is 19.5 Å². The maximum atomic E-state index is 5.73. The van der Waals surface area contributed by atoms with Crippen LogP contribution in [-0.4, -0.2) is 45.8 Å². The van der Waals surface area contributed by atoms with Crippen molar-refractivity contribution in [2.45, 2.75) is 45.1 Å². The number of ether oxygens (including phenoxy) is 3. The molecule has 1 aliphatic rings. The second-order valence-electron chi connectivity index (χ2n) is 4.68. The van der Waals surface area contributed by atoms with Gasteiger partial charge in [-0.15, -0.1) is 0 Å². The van der Waals surface area contributed by atoms with Crippen LogP contribution >= 0.6 is 0 Å². The smallest absolute Gasteiger partial charge is 0.169 e. The SMILES string of the molecule is COC(CNC1CCOC(C(C)C)C1)OC. The molecule has 2 unspecified atom stereocenters. The molecule has 0 aliphatic carbocycles. The van der Waals surface area contributed by atoms with Gasteiger partial charge in [-0.25, -0.2) is 0 Å². The molecule has 1 N–H and O–H groups in total. The predicted octanol–water partition coefficient (Wildman–Crippen LogP) is 1.40. The first-order chi connectivity index (χ1) is 7.67. The Morgan fingerprint density at radius 2 is 2.00 bits per heavy atom. The summed E-state index contributed by atoms with van der Waals surface area (Å²) in [4.78, 5) is 0. The van der Waals surface area contributed by atoms with Crippen LogP contribution in [0.25, 0.3) is 0 Å². The summed E-state index contributed by atoms with van der Waals surface area (Å²) in [7, 11) is 3.33. The van der Waals surface area contributed by atoms with Crippen molar-refractivity contribution in [1.82, 2.24) is 5.32 Å². The monoisotopic (exact) mass is 231 g/mol. The second-order valence-corrected chi connectivity index (χ2v) is 4.68. The molecule has 4 nitrogen and oxygen atoms in total. The van der Waals surface area contributed by atoms with E-state index in [9.17, 15) is 0 Å². The lowest BCUT2D eigenvalue weighted by Gasteiger charge is -2.33. The topological polar surface area (TPSA) is 39.7 Å². The summed E-state index contributed by atoms with van der Waals surface area (Å²) in [6.07, 6.45) is 2.39. The highest BCUT2D eigenvalue weighted by atomic mass is 16.7. The Morgan fingerprint density at radius 3 is 2.56 bits per heavy atom. The van der Waals surface area contributed by atoms with E-state index in [0.29, 0.717) is 18.1 Å². The lowest BCUT2D eigenvalue weighted by molar-refractivity contribution is -0.103. The van der Waals surface area contributed by atoms with Crippen LogP contribution in [-0.2, 0) is 14.2 Å². The summed E-state index contributed by atoms with van der Waals surface area (Å²) < 4.78 is 16.0. The zero-order valence-corrected chi connectivity index (χ0v) is 10.9.